The van der Waals surface area contributed by atoms with Gasteiger partial charge in [-0.3, -0.25) is 32.7 Å². The number of carbonyl (C=O) groups is 1. The van der Waals surface area contributed by atoms with E-state index in [-0.39, 0.29) is 31.7 Å². The average molecular weight is 470 g/mol. The lowest BCUT2D eigenvalue weighted by Gasteiger charge is -2.35. The Morgan fingerprint density at radius 1 is 1.44 bits per heavy atom. The summed E-state index contributed by atoms with van der Waals surface area (Å²) in [6.07, 6.45) is 4.26. The minimum Gasteiger partial charge on any atom is -0.463 e. The summed E-state index contributed by atoms with van der Waals surface area (Å²) >= 11 is 0. The van der Waals surface area contributed by atoms with Crippen molar-refractivity contribution in [2.45, 2.75) is 58.7 Å². The SMILES string of the molecule is C#C[C@]1(C)[C@@H]2O[P@@](=O)(OCC(C)CC(=O)OC(C)C)OC[C@H]2O[C@H]1n1ccc(=O)[nH]c1=O. The number of phosphoric acid groups is 1. The standard InChI is InChI=1S/C20H27N2O9P/c1-6-20(5)17-14(30-18(20)22-8-7-15(23)21-19(22)25)11-28-32(26,31-17)27-10-13(4)9-16(24)29-12(2)3/h1,7-8,12-14,17-18H,9-11H2,2-5H3,(H,21,23,25)/t13?,14-,17-,18-,20-,32+/m1/s1. The highest BCUT2D eigenvalue weighted by molar-refractivity contribution is 7.48. The van der Waals surface area contributed by atoms with Gasteiger partial charge < -0.3 is 9.47 Å². The maximum absolute atomic E-state index is 13.1. The molecule has 12 heteroatoms. The van der Waals surface area contributed by atoms with E-state index in [2.05, 4.69) is 10.9 Å². The van der Waals surface area contributed by atoms with Crippen LogP contribution >= 0.6 is 7.82 Å². The van der Waals surface area contributed by atoms with Gasteiger partial charge in [0, 0.05) is 12.3 Å². The van der Waals surface area contributed by atoms with Crippen LogP contribution in [0.2, 0.25) is 0 Å². The highest BCUT2D eigenvalue weighted by Crippen LogP contribution is 2.60. The number of terminal acetylenes is 1. The van der Waals surface area contributed by atoms with E-state index in [9.17, 15) is 18.9 Å². The number of esters is 1. The summed E-state index contributed by atoms with van der Waals surface area (Å²) in [5.41, 5.74) is -2.49. The van der Waals surface area contributed by atoms with Crippen molar-refractivity contribution in [3.63, 3.8) is 0 Å². The summed E-state index contributed by atoms with van der Waals surface area (Å²) in [5, 5.41) is 0. The Hall–Kier alpha value is -2.22. The highest BCUT2D eigenvalue weighted by Gasteiger charge is 2.60. The Morgan fingerprint density at radius 2 is 2.16 bits per heavy atom. The second-order valence-corrected chi connectivity index (χ2v) is 10.0. The van der Waals surface area contributed by atoms with Crippen molar-refractivity contribution in [2.75, 3.05) is 13.2 Å². The maximum atomic E-state index is 13.1. The van der Waals surface area contributed by atoms with Gasteiger partial charge in [-0.15, -0.1) is 6.42 Å². The number of nitrogens with one attached hydrogen (secondary N) is 1. The minimum atomic E-state index is -4.01. The molecule has 176 valence electrons. The lowest BCUT2D eigenvalue weighted by molar-refractivity contribution is -0.148. The number of hydrogen-bond acceptors (Lipinski definition) is 9. The molecule has 3 rings (SSSR count). The molecular formula is C20H27N2O9P. The fourth-order valence-corrected chi connectivity index (χ4v) is 5.20. The molecule has 2 fully saturated rings. The molecule has 6 atom stereocenters. The summed E-state index contributed by atoms with van der Waals surface area (Å²) in [7, 11) is -4.01. The molecule has 11 nitrogen and oxygen atoms in total. The van der Waals surface area contributed by atoms with Crippen LogP contribution in [-0.2, 0) is 32.4 Å². The fourth-order valence-electron chi connectivity index (χ4n) is 3.60. The topological polar surface area (TPSA) is 135 Å². The number of rotatable bonds is 7. The lowest BCUT2D eigenvalue weighted by Crippen LogP contribution is -2.43. The highest BCUT2D eigenvalue weighted by atomic mass is 31.2. The zero-order valence-corrected chi connectivity index (χ0v) is 19.2. The van der Waals surface area contributed by atoms with Crippen LogP contribution in [0.25, 0.3) is 0 Å². The number of phosphoric ester groups is 1. The van der Waals surface area contributed by atoms with Gasteiger partial charge in [0.05, 0.1) is 25.7 Å². The van der Waals surface area contributed by atoms with Crippen molar-refractivity contribution in [1.29, 1.82) is 0 Å². The molecule has 0 amide bonds. The molecule has 1 aromatic rings. The van der Waals surface area contributed by atoms with Crippen LogP contribution in [0.15, 0.2) is 21.9 Å². The van der Waals surface area contributed by atoms with E-state index in [0.29, 0.717) is 0 Å². The predicted molar refractivity (Wildman–Crippen MR) is 112 cm³/mol. The van der Waals surface area contributed by atoms with Gasteiger partial charge in [-0.25, -0.2) is 9.36 Å². The number of aromatic nitrogens is 2. The van der Waals surface area contributed by atoms with Gasteiger partial charge in [-0.1, -0.05) is 12.8 Å². The molecule has 2 saturated heterocycles. The second-order valence-electron chi connectivity index (χ2n) is 8.38. The maximum Gasteiger partial charge on any atom is 0.475 e. The molecule has 0 spiro atoms. The third-order valence-corrected chi connectivity index (χ3v) is 6.62. The Labute approximate surface area is 185 Å². The van der Waals surface area contributed by atoms with Crippen molar-refractivity contribution < 1.29 is 32.4 Å². The van der Waals surface area contributed by atoms with Gasteiger partial charge in [0.25, 0.3) is 5.56 Å². The van der Waals surface area contributed by atoms with Gasteiger partial charge in [0.2, 0.25) is 0 Å². The van der Waals surface area contributed by atoms with E-state index in [4.69, 9.17) is 29.5 Å². The quantitative estimate of drug-likeness (QED) is 0.358. The van der Waals surface area contributed by atoms with Crippen LogP contribution in [0.1, 0.15) is 40.3 Å². The van der Waals surface area contributed by atoms with E-state index >= 15 is 0 Å². The summed E-state index contributed by atoms with van der Waals surface area (Å²) in [6, 6.07) is 1.17. The molecule has 0 saturated carbocycles. The number of carbonyl (C=O) groups excluding carboxylic acids is 1. The molecule has 2 aliphatic rings. The normalized spacial score (nSPS) is 32.8. The van der Waals surface area contributed by atoms with Crippen LogP contribution in [-0.4, -0.2) is 47.0 Å². The molecule has 1 unspecified atom stereocenters. The first kappa shape index (κ1) is 24.4. The predicted octanol–water partition coefficient (Wildman–Crippen LogP) is 1.59. The molecule has 3 heterocycles. The van der Waals surface area contributed by atoms with E-state index < -0.39 is 48.9 Å². The van der Waals surface area contributed by atoms with Crippen LogP contribution in [0.4, 0.5) is 0 Å². The van der Waals surface area contributed by atoms with Crippen molar-refractivity contribution in [3.8, 4) is 12.3 Å². The number of hydrogen-bond donors (Lipinski definition) is 1. The van der Waals surface area contributed by atoms with E-state index in [1.165, 1.54) is 12.3 Å². The summed E-state index contributed by atoms with van der Waals surface area (Å²) < 4.78 is 41.7. The molecule has 0 aliphatic carbocycles. The van der Waals surface area contributed by atoms with Crippen molar-refractivity contribution >= 4 is 13.8 Å². The molecule has 1 aromatic heterocycles. The number of aromatic amines is 1. The van der Waals surface area contributed by atoms with Gasteiger partial charge in [-0.2, -0.15) is 0 Å². The van der Waals surface area contributed by atoms with Crippen molar-refractivity contribution in [2.24, 2.45) is 11.3 Å². The third kappa shape index (κ3) is 5.05. The average Bonchev–Trinajstić information content (AvgIpc) is 2.98. The van der Waals surface area contributed by atoms with Crippen LogP contribution in [0.5, 0.6) is 0 Å². The van der Waals surface area contributed by atoms with Gasteiger partial charge in [-0.05, 0) is 26.7 Å². The largest absolute Gasteiger partial charge is 0.475 e. The molecule has 0 bridgehead atoms. The van der Waals surface area contributed by atoms with Crippen LogP contribution < -0.4 is 11.2 Å². The first-order valence-electron chi connectivity index (χ1n) is 10.2. The summed E-state index contributed by atoms with van der Waals surface area (Å²) in [5.74, 6) is 1.89. The Kier molecular flexibility index (Phi) is 7.12. The first-order valence-corrected chi connectivity index (χ1v) is 11.6. The van der Waals surface area contributed by atoms with Crippen molar-refractivity contribution in [1.82, 2.24) is 9.55 Å². The van der Waals surface area contributed by atoms with Gasteiger partial charge >= 0.3 is 19.5 Å². The Bertz CT molecular complexity index is 1060. The molecule has 2 aliphatic heterocycles. The minimum absolute atomic E-state index is 0.0711. The Morgan fingerprint density at radius 3 is 2.78 bits per heavy atom. The molecular weight excluding hydrogens is 443 g/mol. The van der Waals surface area contributed by atoms with E-state index in [1.807, 2.05) is 0 Å². The second kappa shape index (κ2) is 9.33. The fraction of sp³-hybridized carbons (Fsp3) is 0.650. The molecule has 0 radical (unpaired) electrons. The third-order valence-electron chi connectivity index (χ3n) is 5.20. The number of ether oxygens (including phenoxy) is 2. The monoisotopic (exact) mass is 470 g/mol. The van der Waals surface area contributed by atoms with Crippen LogP contribution in [0, 0.1) is 23.7 Å². The number of H-pyrrole nitrogens is 1. The van der Waals surface area contributed by atoms with E-state index in [0.717, 1.165) is 4.57 Å². The Balaban J connectivity index is 1.71. The summed E-state index contributed by atoms with van der Waals surface area (Å²) in [4.78, 5) is 37.6. The van der Waals surface area contributed by atoms with Crippen LogP contribution in [0.3, 0.4) is 0 Å². The number of nitrogens with zero attached hydrogens (tertiary/aromatic N) is 1. The van der Waals surface area contributed by atoms with Gasteiger partial charge in [0.15, 0.2) is 6.23 Å². The smallest absolute Gasteiger partial charge is 0.463 e. The zero-order valence-electron chi connectivity index (χ0n) is 18.3. The molecule has 0 aromatic carbocycles. The zero-order chi connectivity index (χ0) is 23.7. The lowest BCUT2D eigenvalue weighted by atomic mass is 9.83. The molecule has 1 N–H and O–H groups in total. The van der Waals surface area contributed by atoms with E-state index in [1.54, 1.807) is 27.7 Å². The summed E-state index contributed by atoms with van der Waals surface area (Å²) in [6.45, 7) is 6.65. The van der Waals surface area contributed by atoms with Crippen molar-refractivity contribution in [3.05, 3.63) is 33.1 Å². The first-order chi connectivity index (χ1) is 15.0. The molecule has 32 heavy (non-hydrogen) atoms. The number of fused-ring (bicyclic) bond motifs is 1. The van der Waals surface area contributed by atoms with Gasteiger partial charge in [0.1, 0.15) is 17.6 Å².